The molecular weight excluding hydrogens is 316 g/mol. The first-order valence-corrected chi connectivity index (χ1v) is 8.02. The van der Waals surface area contributed by atoms with Crippen molar-refractivity contribution in [3.05, 3.63) is 72.4 Å². The molecule has 0 aliphatic carbocycles. The van der Waals surface area contributed by atoms with Crippen molar-refractivity contribution in [1.82, 2.24) is 4.98 Å². The number of pyridine rings is 1. The molecular formula is C20H16N2O3. The molecule has 0 radical (unpaired) electrons. The molecule has 5 nitrogen and oxygen atoms in total. The Hall–Kier alpha value is -3.34. The van der Waals surface area contributed by atoms with E-state index in [9.17, 15) is 4.79 Å². The maximum Gasteiger partial charge on any atom is 0.255 e. The summed E-state index contributed by atoms with van der Waals surface area (Å²) in [5, 5.41) is 2.89. The van der Waals surface area contributed by atoms with E-state index in [2.05, 4.69) is 10.3 Å². The van der Waals surface area contributed by atoms with Crippen LogP contribution < -0.4 is 14.8 Å². The number of anilines is 1. The molecule has 1 N–H and O–H groups in total. The van der Waals surface area contributed by atoms with Gasteiger partial charge in [-0.3, -0.25) is 9.78 Å². The summed E-state index contributed by atoms with van der Waals surface area (Å²) >= 11 is 0. The maximum atomic E-state index is 12.4. The molecule has 5 heteroatoms. The average molecular weight is 332 g/mol. The molecule has 0 saturated heterocycles. The van der Waals surface area contributed by atoms with Crippen molar-refractivity contribution < 1.29 is 14.3 Å². The number of nitrogens with one attached hydrogen (secondary N) is 1. The standard InChI is InChI=1S/C20H16N2O3/c23-20(15-6-9-18-19(13-15)25-12-11-24-18)22-16-7-4-14(5-8-16)17-3-1-2-10-21-17/h1-10,13H,11-12H2,(H,22,23). The van der Waals surface area contributed by atoms with E-state index in [0.29, 0.717) is 30.3 Å². The lowest BCUT2D eigenvalue weighted by Crippen LogP contribution is -2.17. The van der Waals surface area contributed by atoms with Gasteiger partial charge in [-0.2, -0.15) is 0 Å². The van der Waals surface area contributed by atoms with Crippen LogP contribution in [0, 0.1) is 0 Å². The van der Waals surface area contributed by atoms with Gasteiger partial charge in [-0.15, -0.1) is 0 Å². The van der Waals surface area contributed by atoms with Crippen molar-refractivity contribution in [2.75, 3.05) is 18.5 Å². The maximum absolute atomic E-state index is 12.4. The Balaban J connectivity index is 1.49. The highest BCUT2D eigenvalue weighted by Gasteiger charge is 2.15. The van der Waals surface area contributed by atoms with E-state index in [1.54, 1.807) is 24.4 Å². The molecule has 1 aromatic heterocycles. The van der Waals surface area contributed by atoms with Gasteiger partial charge in [0.2, 0.25) is 0 Å². The minimum atomic E-state index is -0.192. The van der Waals surface area contributed by atoms with Crippen molar-refractivity contribution in [2.45, 2.75) is 0 Å². The van der Waals surface area contributed by atoms with Crippen LogP contribution >= 0.6 is 0 Å². The number of carbonyl (C=O) groups excluding carboxylic acids is 1. The molecule has 124 valence electrons. The van der Waals surface area contributed by atoms with Crippen LogP contribution in [-0.2, 0) is 0 Å². The molecule has 2 aromatic carbocycles. The topological polar surface area (TPSA) is 60.5 Å². The number of ether oxygens (including phenoxy) is 2. The van der Waals surface area contributed by atoms with E-state index in [4.69, 9.17) is 9.47 Å². The van der Waals surface area contributed by atoms with Crippen LogP contribution in [0.3, 0.4) is 0 Å². The molecule has 1 aliphatic rings. The van der Waals surface area contributed by atoms with E-state index in [1.165, 1.54) is 0 Å². The first-order valence-electron chi connectivity index (χ1n) is 8.02. The third-order valence-corrected chi connectivity index (χ3v) is 3.91. The molecule has 0 saturated carbocycles. The highest BCUT2D eigenvalue weighted by atomic mass is 16.6. The molecule has 0 atom stereocenters. The van der Waals surface area contributed by atoms with E-state index >= 15 is 0 Å². The molecule has 1 aliphatic heterocycles. The van der Waals surface area contributed by atoms with Crippen molar-refractivity contribution in [1.29, 1.82) is 0 Å². The van der Waals surface area contributed by atoms with E-state index < -0.39 is 0 Å². The molecule has 3 aromatic rings. The third-order valence-electron chi connectivity index (χ3n) is 3.91. The first kappa shape index (κ1) is 15.2. The van der Waals surface area contributed by atoms with Gasteiger partial charge in [0.1, 0.15) is 13.2 Å². The number of carbonyl (C=O) groups is 1. The average Bonchev–Trinajstić information content (AvgIpc) is 2.69. The Morgan fingerprint density at radius 1 is 0.920 bits per heavy atom. The molecule has 0 spiro atoms. The lowest BCUT2D eigenvalue weighted by molar-refractivity contribution is 0.102. The lowest BCUT2D eigenvalue weighted by atomic mass is 10.1. The molecule has 0 unspecified atom stereocenters. The van der Waals surface area contributed by atoms with Gasteiger partial charge >= 0.3 is 0 Å². The third kappa shape index (κ3) is 3.30. The minimum absolute atomic E-state index is 0.192. The Kier molecular flexibility index (Phi) is 4.04. The van der Waals surface area contributed by atoms with E-state index in [0.717, 1.165) is 16.9 Å². The summed E-state index contributed by atoms with van der Waals surface area (Å²) in [5.74, 6) is 1.08. The summed E-state index contributed by atoms with van der Waals surface area (Å²) in [5.41, 5.74) is 3.14. The van der Waals surface area contributed by atoms with Gasteiger partial charge in [0.05, 0.1) is 5.69 Å². The predicted octanol–water partition coefficient (Wildman–Crippen LogP) is 3.77. The number of benzene rings is 2. The van der Waals surface area contributed by atoms with Crippen molar-refractivity contribution in [3.63, 3.8) is 0 Å². The van der Waals surface area contributed by atoms with Gasteiger partial charge in [0.15, 0.2) is 11.5 Å². The molecule has 4 rings (SSSR count). The Morgan fingerprint density at radius 2 is 1.72 bits per heavy atom. The van der Waals surface area contributed by atoms with Crippen LogP contribution in [0.15, 0.2) is 66.9 Å². The summed E-state index contributed by atoms with van der Waals surface area (Å²) in [6.45, 7) is 1.02. The lowest BCUT2D eigenvalue weighted by Gasteiger charge is -2.18. The van der Waals surface area contributed by atoms with Crippen LogP contribution in [0.2, 0.25) is 0 Å². The van der Waals surface area contributed by atoms with Crippen molar-refractivity contribution in [2.24, 2.45) is 0 Å². The smallest absolute Gasteiger partial charge is 0.255 e. The van der Waals surface area contributed by atoms with Crippen molar-refractivity contribution >= 4 is 11.6 Å². The fourth-order valence-electron chi connectivity index (χ4n) is 2.65. The van der Waals surface area contributed by atoms with Gasteiger partial charge in [-0.05, 0) is 42.5 Å². The number of nitrogens with zero attached hydrogens (tertiary/aromatic N) is 1. The first-order chi connectivity index (χ1) is 12.3. The number of rotatable bonds is 3. The second-order valence-electron chi connectivity index (χ2n) is 5.60. The van der Waals surface area contributed by atoms with Crippen LogP contribution in [-0.4, -0.2) is 24.1 Å². The van der Waals surface area contributed by atoms with Crippen LogP contribution in [0.1, 0.15) is 10.4 Å². The van der Waals surface area contributed by atoms with Gasteiger partial charge in [0, 0.05) is 23.0 Å². The largest absolute Gasteiger partial charge is 0.486 e. The number of hydrogen-bond donors (Lipinski definition) is 1. The number of amides is 1. The fourth-order valence-corrected chi connectivity index (χ4v) is 2.65. The van der Waals surface area contributed by atoms with Crippen LogP contribution in [0.4, 0.5) is 5.69 Å². The second-order valence-corrected chi connectivity index (χ2v) is 5.60. The normalized spacial score (nSPS) is 12.5. The van der Waals surface area contributed by atoms with Gasteiger partial charge < -0.3 is 14.8 Å². The van der Waals surface area contributed by atoms with Gasteiger partial charge in [-0.25, -0.2) is 0 Å². The summed E-state index contributed by atoms with van der Waals surface area (Å²) < 4.78 is 11.0. The zero-order valence-corrected chi connectivity index (χ0v) is 13.4. The SMILES string of the molecule is O=C(Nc1ccc(-c2ccccn2)cc1)c1ccc2c(c1)OCCO2. The molecule has 0 fully saturated rings. The monoisotopic (exact) mass is 332 g/mol. The fraction of sp³-hybridized carbons (Fsp3) is 0.100. The van der Waals surface area contributed by atoms with Gasteiger partial charge in [0.25, 0.3) is 5.91 Å². The molecule has 2 heterocycles. The van der Waals surface area contributed by atoms with Crippen LogP contribution in [0.5, 0.6) is 11.5 Å². The zero-order chi connectivity index (χ0) is 17.1. The number of fused-ring (bicyclic) bond motifs is 1. The summed E-state index contributed by atoms with van der Waals surface area (Å²) in [4.78, 5) is 16.7. The minimum Gasteiger partial charge on any atom is -0.486 e. The van der Waals surface area contributed by atoms with E-state index in [1.807, 2.05) is 42.5 Å². The van der Waals surface area contributed by atoms with E-state index in [-0.39, 0.29) is 5.91 Å². The van der Waals surface area contributed by atoms with Crippen LogP contribution in [0.25, 0.3) is 11.3 Å². The molecule has 25 heavy (non-hydrogen) atoms. The Bertz CT molecular complexity index is 893. The Labute approximate surface area is 145 Å². The number of aromatic nitrogens is 1. The quantitative estimate of drug-likeness (QED) is 0.793. The highest BCUT2D eigenvalue weighted by Crippen LogP contribution is 2.31. The molecule has 0 bridgehead atoms. The summed E-state index contributed by atoms with van der Waals surface area (Å²) in [6.07, 6.45) is 1.76. The summed E-state index contributed by atoms with van der Waals surface area (Å²) in [6, 6.07) is 18.5. The predicted molar refractivity (Wildman–Crippen MR) is 95.1 cm³/mol. The van der Waals surface area contributed by atoms with Gasteiger partial charge in [-0.1, -0.05) is 18.2 Å². The summed E-state index contributed by atoms with van der Waals surface area (Å²) in [7, 11) is 0. The second kappa shape index (κ2) is 6.65. The Morgan fingerprint density at radius 3 is 2.48 bits per heavy atom. The molecule has 1 amide bonds. The van der Waals surface area contributed by atoms with Crippen molar-refractivity contribution in [3.8, 4) is 22.8 Å². The highest BCUT2D eigenvalue weighted by molar-refractivity contribution is 6.04. The zero-order valence-electron chi connectivity index (χ0n) is 13.4. The number of hydrogen-bond acceptors (Lipinski definition) is 4.